The van der Waals surface area contributed by atoms with Crippen LogP contribution in [0.4, 0.5) is 5.69 Å². The molecule has 0 aliphatic rings. The number of rotatable bonds is 7. The summed E-state index contributed by atoms with van der Waals surface area (Å²) in [5.74, 6) is -0.988. The molecular weight excluding hydrogens is 414 g/mol. The maximum atomic E-state index is 13.0. The lowest BCUT2D eigenvalue weighted by Crippen LogP contribution is -2.32. The third kappa shape index (κ3) is 4.49. The molecule has 0 aliphatic carbocycles. The Hall–Kier alpha value is -2.71. The van der Waals surface area contributed by atoms with Gasteiger partial charge >= 0.3 is 5.97 Å². The highest BCUT2D eigenvalue weighted by Crippen LogP contribution is 2.24. The third-order valence-corrected chi connectivity index (χ3v) is 5.61. The molecule has 0 bridgehead atoms. The number of nitrogens with zero attached hydrogens (tertiary/aromatic N) is 2. The maximum absolute atomic E-state index is 13.0. The number of unbranched alkanes of at least 4 members (excludes halogenated alkanes) is 1. The van der Waals surface area contributed by atoms with Crippen LogP contribution in [0, 0.1) is 0 Å². The first kappa shape index (κ1) is 21.0. The van der Waals surface area contributed by atoms with E-state index < -0.39 is 23.5 Å². The number of benzene rings is 1. The van der Waals surface area contributed by atoms with E-state index in [-0.39, 0.29) is 17.6 Å². The number of carbonyl (C=O) groups excluding carboxylic acids is 2. The smallest absolute Gasteiger partial charge is 0.339 e. The molecule has 29 heavy (non-hydrogen) atoms. The Morgan fingerprint density at radius 2 is 2.10 bits per heavy atom. The van der Waals surface area contributed by atoms with E-state index >= 15 is 0 Å². The molecule has 0 saturated carbocycles. The number of hydrogen-bond acceptors (Lipinski definition) is 6. The van der Waals surface area contributed by atoms with Gasteiger partial charge in [0.05, 0.1) is 34.6 Å². The molecule has 2 heterocycles. The zero-order valence-corrected chi connectivity index (χ0v) is 17.5. The van der Waals surface area contributed by atoms with Gasteiger partial charge in [-0.05, 0) is 25.5 Å². The standard InChI is InChI=1S/C20H20ClN3O4S/c1-3-4-9-28-20(27)13-10-29-18-16(13)19(26)24(11-22-18)12(2)17(25)23-15-8-6-5-7-14(15)21/h5-8,10-12H,3-4,9H2,1-2H3,(H,23,25). The molecule has 152 valence electrons. The molecule has 0 radical (unpaired) electrons. The Morgan fingerprint density at radius 3 is 2.83 bits per heavy atom. The van der Waals surface area contributed by atoms with E-state index in [4.69, 9.17) is 16.3 Å². The van der Waals surface area contributed by atoms with Gasteiger partial charge in [0.1, 0.15) is 10.9 Å². The molecule has 0 spiro atoms. The molecule has 9 heteroatoms. The topological polar surface area (TPSA) is 90.3 Å². The number of carbonyl (C=O) groups is 2. The number of halogens is 1. The quantitative estimate of drug-likeness (QED) is 0.444. The number of amides is 1. The van der Waals surface area contributed by atoms with Crippen LogP contribution in [0.15, 0.2) is 40.8 Å². The second-order valence-corrected chi connectivity index (χ2v) is 7.69. The van der Waals surface area contributed by atoms with Crippen LogP contribution in [0.1, 0.15) is 43.1 Å². The molecule has 0 aliphatic heterocycles. The first-order valence-electron chi connectivity index (χ1n) is 9.14. The first-order chi connectivity index (χ1) is 13.9. The molecule has 1 aromatic carbocycles. The number of para-hydroxylation sites is 1. The van der Waals surface area contributed by atoms with Crippen LogP contribution >= 0.6 is 22.9 Å². The van der Waals surface area contributed by atoms with Crippen LogP contribution in [0.5, 0.6) is 0 Å². The lowest BCUT2D eigenvalue weighted by molar-refractivity contribution is -0.118. The van der Waals surface area contributed by atoms with Crippen LogP contribution in [0.25, 0.3) is 10.2 Å². The first-order valence-corrected chi connectivity index (χ1v) is 10.4. The van der Waals surface area contributed by atoms with E-state index in [0.29, 0.717) is 15.5 Å². The lowest BCUT2D eigenvalue weighted by atomic mass is 10.2. The minimum absolute atomic E-state index is 0.163. The van der Waals surface area contributed by atoms with E-state index in [1.54, 1.807) is 36.6 Å². The Bertz CT molecular complexity index is 1110. The molecule has 7 nitrogen and oxygen atoms in total. The number of ether oxygens (including phenoxy) is 1. The predicted octanol–water partition coefficient (Wildman–Crippen LogP) is 4.27. The van der Waals surface area contributed by atoms with Gasteiger partial charge < -0.3 is 10.1 Å². The monoisotopic (exact) mass is 433 g/mol. The Labute approximate surface area is 176 Å². The SMILES string of the molecule is CCCCOC(=O)c1csc2ncn(C(C)C(=O)Nc3ccccc3Cl)c(=O)c12. The zero-order chi connectivity index (χ0) is 21.0. The normalized spacial score (nSPS) is 12.0. The second-order valence-electron chi connectivity index (χ2n) is 6.42. The predicted molar refractivity (Wildman–Crippen MR) is 114 cm³/mol. The van der Waals surface area contributed by atoms with Crippen LogP contribution in [0.3, 0.4) is 0 Å². The number of hydrogen-bond donors (Lipinski definition) is 1. The van der Waals surface area contributed by atoms with Crippen molar-refractivity contribution >= 4 is 50.7 Å². The fraction of sp³-hybridized carbons (Fsp3) is 0.300. The maximum Gasteiger partial charge on any atom is 0.339 e. The number of anilines is 1. The average Bonchev–Trinajstić information content (AvgIpc) is 3.15. The summed E-state index contributed by atoms with van der Waals surface area (Å²) in [5.41, 5.74) is 0.149. The molecular formula is C20H20ClN3O4S. The molecule has 0 saturated heterocycles. The van der Waals surface area contributed by atoms with Gasteiger partial charge in [-0.25, -0.2) is 9.78 Å². The summed E-state index contributed by atoms with van der Waals surface area (Å²) in [7, 11) is 0. The molecule has 1 amide bonds. The summed E-state index contributed by atoms with van der Waals surface area (Å²) < 4.78 is 6.43. The second kappa shape index (κ2) is 9.19. The highest BCUT2D eigenvalue weighted by Gasteiger charge is 2.23. The average molecular weight is 434 g/mol. The van der Waals surface area contributed by atoms with Crippen molar-refractivity contribution in [2.75, 3.05) is 11.9 Å². The van der Waals surface area contributed by atoms with E-state index in [2.05, 4.69) is 10.3 Å². The van der Waals surface area contributed by atoms with Crippen molar-refractivity contribution in [3.8, 4) is 0 Å². The van der Waals surface area contributed by atoms with Crippen LogP contribution in [0.2, 0.25) is 5.02 Å². The van der Waals surface area contributed by atoms with E-state index in [1.807, 2.05) is 6.92 Å². The summed E-state index contributed by atoms with van der Waals surface area (Å²) in [4.78, 5) is 42.7. The van der Waals surface area contributed by atoms with Gasteiger partial charge in [0.2, 0.25) is 5.91 Å². The summed E-state index contributed by atoms with van der Waals surface area (Å²) in [6.45, 7) is 3.86. The molecule has 2 aromatic heterocycles. The Balaban J connectivity index is 1.89. The van der Waals surface area contributed by atoms with Gasteiger partial charge in [0.15, 0.2) is 0 Å². The number of fused-ring (bicyclic) bond motifs is 1. The van der Waals surface area contributed by atoms with Crippen molar-refractivity contribution in [1.82, 2.24) is 9.55 Å². The Kier molecular flexibility index (Phi) is 6.66. The molecule has 1 atom stereocenters. The highest BCUT2D eigenvalue weighted by atomic mass is 35.5. The number of aromatic nitrogens is 2. The van der Waals surface area contributed by atoms with Gasteiger partial charge in [-0.3, -0.25) is 14.2 Å². The summed E-state index contributed by atoms with van der Waals surface area (Å²) in [6.07, 6.45) is 2.95. The summed E-state index contributed by atoms with van der Waals surface area (Å²) in [6, 6.07) is 5.96. The van der Waals surface area contributed by atoms with Gasteiger partial charge in [-0.15, -0.1) is 11.3 Å². The van der Waals surface area contributed by atoms with Crippen molar-refractivity contribution in [2.45, 2.75) is 32.7 Å². The van der Waals surface area contributed by atoms with Crippen molar-refractivity contribution in [1.29, 1.82) is 0 Å². The number of thiophene rings is 1. The molecule has 3 rings (SSSR count). The van der Waals surface area contributed by atoms with Crippen molar-refractivity contribution < 1.29 is 14.3 Å². The molecule has 3 aromatic rings. The van der Waals surface area contributed by atoms with E-state index in [0.717, 1.165) is 12.8 Å². The van der Waals surface area contributed by atoms with Crippen molar-refractivity contribution in [3.63, 3.8) is 0 Å². The summed E-state index contributed by atoms with van der Waals surface area (Å²) >= 11 is 7.26. The minimum Gasteiger partial charge on any atom is -0.462 e. The van der Waals surface area contributed by atoms with Crippen molar-refractivity contribution in [3.05, 3.63) is 56.9 Å². The van der Waals surface area contributed by atoms with Crippen LogP contribution in [-0.2, 0) is 9.53 Å². The minimum atomic E-state index is -0.862. The van der Waals surface area contributed by atoms with Crippen LogP contribution < -0.4 is 10.9 Å². The fourth-order valence-corrected chi connectivity index (χ4v) is 3.73. The Morgan fingerprint density at radius 1 is 1.34 bits per heavy atom. The zero-order valence-electron chi connectivity index (χ0n) is 16.0. The van der Waals surface area contributed by atoms with Crippen molar-refractivity contribution in [2.24, 2.45) is 0 Å². The largest absolute Gasteiger partial charge is 0.462 e. The molecule has 1 unspecified atom stereocenters. The van der Waals surface area contributed by atoms with Gasteiger partial charge in [0, 0.05) is 5.38 Å². The molecule has 1 N–H and O–H groups in total. The summed E-state index contributed by atoms with van der Waals surface area (Å²) in [5, 5.41) is 4.82. The van der Waals surface area contributed by atoms with Gasteiger partial charge in [-0.2, -0.15) is 0 Å². The lowest BCUT2D eigenvalue weighted by Gasteiger charge is -2.15. The highest BCUT2D eigenvalue weighted by molar-refractivity contribution is 7.17. The van der Waals surface area contributed by atoms with Gasteiger partial charge in [-0.1, -0.05) is 37.1 Å². The van der Waals surface area contributed by atoms with Crippen LogP contribution in [-0.4, -0.2) is 28.0 Å². The third-order valence-electron chi connectivity index (χ3n) is 4.40. The molecule has 0 fully saturated rings. The number of esters is 1. The van der Waals surface area contributed by atoms with E-state index in [1.165, 1.54) is 22.2 Å². The van der Waals surface area contributed by atoms with E-state index in [9.17, 15) is 14.4 Å². The van der Waals surface area contributed by atoms with Gasteiger partial charge in [0.25, 0.3) is 5.56 Å². The fourth-order valence-electron chi connectivity index (χ4n) is 2.68. The number of nitrogens with one attached hydrogen (secondary N) is 1.